The monoisotopic (exact) mass is 528 g/mol. The van der Waals surface area contributed by atoms with E-state index >= 15 is 0 Å². The maximum absolute atomic E-state index is 4.81. The SMILES string of the molecule is c1ccc(N(c2ccc(-c3cccc4ccccc34)cc2)c2ccnc3sc4cc5ccccc5cc4c23)cc1. The second-order valence-corrected chi connectivity index (χ2v) is 11.1. The molecular formula is C37H24N2S. The number of aromatic nitrogens is 1. The van der Waals surface area contributed by atoms with E-state index in [9.17, 15) is 0 Å². The fourth-order valence-electron chi connectivity index (χ4n) is 5.82. The van der Waals surface area contributed by atoms with Crippen molar-refractivity contribution in [3.8, 4) is 11.1 Å². The first-order valence-electron chi connectivity index (χ1n) is 13.5. The van der Waals surface area contributed by atoms with Gasteiger partial charge in [0.25, 0.3) is 0 Å². The van der Waals surface area contributed by atoms with Gasteiger partial charge in [-0.2, -0.15) is 0 Å². The van der Waals surface area contributed by atoms with Crippen molar-refractivity contribution >= 4 is 70.2 Å². The molecule has 0 fully saturated rings. The van der Waals surface area contributed by atoms with Crippen molar-refractivity contribution in [2.24, 2.45) is 0 Å². The van der Waals surface area contributed by atoms with Crippen molar-refractivity contribution < 1.29 is 0 Å². The molecule has 0 aliphatic heterocycles. The fraction of sp³-hybridized carbons (Fsp3) is 0. The summed E-state index contributed by atoms with van der Waals surface area (Å²) in [6.45, 7) is 0. The highest BCUT2D eigenvalue weighted by Crippen LogP contribution is 2.45. The van der Waals surface area contributed by atoms with Gasteiger partial charge in [-0.05, 0) is 75.1 Å². The molecule has 2 heterocycles. The zero-order valence-electron chi connectivity index (χ0n) is 21.7. The predicted octanol–water partition coefficient (Wildman–Crippen LogP) is 10.9. The Morgan fingerprint density at radius 3 is 2.02 bits per heavy atom. The summed E-state index contributed by atoms with van der Waals surface area (Å²) in [5.74, 6) is 0. The van der Waals surface area contributed by atoms with Crippen LogP contribution in [0.25, 0.3) is 53.0 Å². The summed E-state index contributed by atoms with van der Waals surface area (Å²) in [5.41, 5.74) is 5.82. The molecule has 0 amide bonds. The van der Waals surface area contributed by atoms with Crippen LogP contribution in [0.1, 0.15) is 0 Å². The number of rotatable bonds is 4. The van der Waals surface area contributed by atoms with Crippen LogP contribution in [0, 0.1) is 0 Å². The van der Waals surface area contributed by atoms with E-state index in [-0.39, 0.29) is 0 Å². The molecule has 40 heavy (non-hydrogen) atoms. The molecule has 0 bridgehead atoms. The van der Waals surface area contributed by atoms with Gasteiger partial charge in [-0.15, -0.1) is 11.3 Å². The van der Waals surface area contributed by atoms with Crippen molar-refractivity contribution in [3.05, 3.63) is 146 Å². The van der Waals surface area contributed by atoms with Crippen LogP contribution in [0.5, 0.6) is 0 Å². The molecule has 6 aromatic carbocycles. The van der Waals surface area contributed by atoms with Crippen LogP contribution in [-0.4, -0.2) is 4.98 Å². The zero-order chi connectivity index (χ0) is 26.5. The molecule has 3 heteroatoms. The summed E-state index contributed by atoms with van der Waals surface area (Å²) in [6, 6.07) is 50.0. The first-order chi connectivity index (χ1) is 19.8. The average molecular weight is 529 g/mol. The van der Waals surface area contributed by atoms with Crippen LogP contribution in [0.15, 0.2) is 146 Å². The molecule has 0 N–H and O–H groups in total. The summed E-state index contributed by atoms with van der Waals surface area (Å²) >= 11 is 1.76. The number of thiophene rings is 1. The summed E-state index contributed by atoms with van der Waals surface area (Å²) in [5, 5.41) is 7.46. The molecule has 0 unspecified atom stereocenters. The van der Waals surface area contributed by atoms with Gasteiger partial charge in [-0.3, -0.25) is 0 Å². The first kappa shape index (κ1) is 22.9. The third-order valence-electron chi connectivity index (χ3n) is 7.70. The molecule has 188 valence electrons. The average Bonchev–Trinajstić information content (AvgIpc) is 3.39. The number of para-hydroxylation sites is 1. The minimum absolute atomic E-state index is 1.05. The van der Waals surface area contributed by atoms with E-state index in [0.29, 0.717) is 0 Å². The van der Waals surface area contributed by atoms with E-state index in [0.717, 1.165) is 21.9 Å². The molecular weight excluding hydrogens is 504 g/mol. The molecule has 0 saturated heterocycles. The molecule has 2 aromatic heterocycles. The molecule has 0 spiro atoms. The number of nitrogens with zero attached hydrogens (tertiary/aromatic N) is 2. The quantitative estimate of drug-likeness (QED) is 0.226. The minimum Gasteiger partial charge on any atom is -0.310 e. The molecule has 0 atom stereocenters. The maximum Gasteiger partial charge on any atom is 0.126 e. The largest absolute Gasteiger partial charge is 0.310 e. The maximum atomic E-state index is 4.81. The Morgan fingerprint density at radius 1 is 0.525 bits per heavy atom. The Balaban J connectivity index is 1.33. The number of hydrogen-bond acceptors (Lipinski definition) is 3. The normalized spacial score (nSPS) is 11.5. The topological polar surface area (TPSA) is 16.1 Å². The lowest BCUT2D eigenvalue weighted by molar-refractivity contribution is 1.29. The second-order valence-electron chi connectivity index (χ2n) is 10.1. The van der Waals surface area contributed by atoms with E-state index in [2.05, 4.69) is 144 Å². The number of benzene rings is 6. The van der Waals surface area contributed by atoms with Crippen LogP contribution < -0.4 is 4.90 Å². The Morgan fingerprint density at radius 2 is 1.20 bits per heavy atom. The Labute approximate surface area is 236 Å². The van der Waals surface area contributed by atoms with Gasteiger partial charge < -0.3 is 4.90 Å². The molecule has 0 aliphatic rings. The number of fused-ring (bicyclic) bond motifs is 5. The lowest BCUT2D eigenvalue weighted by Crippen LogP contribution is -2.10. The minimum atomic E-state index is 1.05. The first-order valence-corrected chi connectivity index (χ1v) is 14.3. The van der Waals surface area contributed by atoms with Gasteiger partial charge in [-0.1, -0.05) is 97.1 Å². The third-order valence-corrected chi connectivity index (χ3v) is 8.76. The standard InChI is InChI=1S/C37H24N2S/c1-2-13-29(14-3-1)39(30-19-17-26(18-20-30)32-16-8-12-25-9-6-7-15-31(25)32)34-21-22-38-37-36(34)33-23-27-10-4-5-11-28(27)24-35(33)40-37/h1-24H. The van der Waals surface area contributed by atoms with Crippen LogP contribution in [0.4, 0.5) is 17.1 Å². The van der Waals surface area contributed by atoms with Gasteiger partial charge in [0.05, 0.1) is 5.69 Å². The van der Waals surface area contributed by atoms with Gasteiger partial charge in [-0.25, -0.2) is 4.98 Å². The van der Waals surface area contributed by atoms with Crippen molar-refractivity contribution in [2.75, 3.05) is 4.90 Å². The molecule has 8 aromatic rings. The van der Waals surface area contributed by atoms with Crippen LogP contribution in [-0.2, 0) is 0 Å². The van der Waals surface area contributed by atoms with Crippen LogP contribution in [0.3, 0.4) is 0 Å². The summed E-state index contributed by atoms with van der Waals surface area (Å²) in [7, 11) is 0. The van der Waals surface area contributed by atoms with E-state index in [1.807, 2.05) is 6.20 Å². The van der Waals surface area contributed by atoms with Crippen molar-refractivity contribution in [1.82, 2.24) is 4.98 Å². The van der Waals surface area contributed by atoms with E-state index in [1.165, 1.54) is 48.1 Å². The van der Waals surface area contributed by atoms with Gasteiger partial charge in [0, 0.05) is 33.0 Å². The van der Waals surface area contributed by atoms with Crippen LogP contribution in [0.2, 0.25) is 0 Å². The molecule has 2 nitrogen and oxygen atoms in total. The summed E-state index contributed by atoms with van der Waals surface area (Å²) in [6.07, 6.45) is 1.94. The molecule has 0 saturated carbocycles. The van der Waals surface area contributed by atoms with E-state index in [4.69, 9.17) is 4.98 Å². The molecule has 0 aliphatic carbocycles. The highest BCUT2D eigenvalue weighted by atomic mass is 32.1. The molecule has 0 radical (unpaired) electrons. The number of anilines is 3. The van der Waals surface area contributed by atoms with Gasteiger partial charge in [0.2, 0.25) is 0 Å². The van der Waals surface area contributed by atoms with Gasteiger partial charge in [0.15, 0.2) is 0 Å². The van der Waals surface area contributed by atoms with Crippen molar-refractivity contribution in [3.63, 3.8) is 0 Å². The van der Waals surface area contributed by atoms with Crippen molar-refractivity contribution in [1.29, 1.82) is 0 Å². The zero-order valence-corrected chi connectivity index (χ0v) is 22.5. The van der Waals surface area contributed by atoms with E-state index in [1.54, 1.807) is 11.3 Å². The lowest BCUT2D eigenvalue weighted by Gasteiger charge is -2.26. The summed E-state index contributed by atoms with van der Waals surface area (Å²) in [4.78, 5) is 8.23. The predicted molar refractivity (Wildman–Crippen MR) is 172 cm³/mol. The third kappa shape index (κ3) is 3.75. The fourth-order valence-corrected chi connectivity index (χ4v) is 6.92. The smallest absolute Gasteiger partial charge is 0.126 e. The Hall–Kier alpha value is -4.99. The van der Waals surface area contributed by atoms with Crippen molar-refractivity contribution in [2.45, 2.75) is 0 Å². The second kappa shape index (κ2) is 9.33. The Kier molecular flexibility index (Phi) is 5.35. The van der Waals surface area contributed by atoms with E-state index < -0.39 is 0 Å². The number of pyridine rings is 1. The summed E-state index contributed by atoms with van der Waals surface area (Å²) < 4.78 is 1.26. The Bertz CT molecular complexity index is 2160. The van der Waals surface area contributed by atoms with Gasteiger partial charge in [0.1, 0.15) is 4.83 Å². The van der Waals surface area contributed by atoms with Crippen LogP contribution >= 0.6 is 11.3 Å². The highest BCUT2D eigenvalue weighted by molar-refractivity contribution is 7.25. The lowest BCUT2D eigenvalue weighted by atomic mass is 9.98. The van der Waals surface area contributed by atoms with Gasteiger partial charge >= 0.3 is 0 Å². The molecule has 8 rings (SSSR count). The number of hydrogen-bond donors (Lipinski definition) is 0. The highest BCUT2D eigenvalue weighted by Gasteiger charge is 2.19.